The van der Waals surface area contributed by atoms with Gasteiger partial charge >= 0.3 is 0 Å². The van der Waals surface area contributed by atoms with E-state index in [9.17, 15) is 0 Å². The van der Waals surface area contributed by atoms with Crippen molar-refractivity contribution in [1.29, 1.82) is 0 Å². The Morgan fingerprint density at radius 2 is 1.05 bits per heavy atom. The van der Waals surface area contributed by atoms with Gasteiger partial charge in [-0.05, 0) is 30.3 Å². The van der Waals surface area contributed by atoms with E-state index >= 15 is 0 Å². The Balaban J connectivity index is 1.50. The molecular weight excluding hydrogens is 482 g/mol. The molecule has 0 amide bonds. The molecule has 5 aromatic carbocycles. The molecule has 0 bridgehead atoms. The number of fused-ring (bicyclic) bond motifs is 10. The van der Waals surface area contributed by atoms with Gasteiger partial charge in [0.05, 0.1) is 27.8 Å². The molecule has 0 aliphatic rings. The third-order valence-corrected chi connectivity index (χ3v) is 7.77. The van der Waals surface area contributed by atoms with Crippen LogP contribution >= 0.6 is 0 Å². The van der Waals surface area contributed by atoms with Gasteiger partial charge < -0.3 is 8.98 Å². The normalized spacial score (nSPS) is 12.1. The highest BCUT2D eigenvalue weighted by Gasteiger charge is 2.22. The molecule has 0 saturated heterocycles. The van der Waals surface area contributed by atoms with Crippen LogP contribution in [0.5, 0.6) is 0 Å². The lowest BCUT2D eigenvalue weighted by molar-refractivity contribution is 0.668. The minimum absolute atomic E-state index is 0.591. The molecule has 182 valence electrons. The molecule has 0 spiro atoms. The zero-order chi connectivity index (χ0) is 25.5. The van der Waals surface area contributed by atoms with Crippen LogP contribution in [0.25, 0.3) is 77.2 Å². The molecule has 0 aliphatic heterocycles. The number of para-hydroxylation sites is 3. The highest BCUT2D eigenvalue weighted by atomic mass is 16.3. The van der Waals surface area contributed by atoms with E-state index in [-0.39, 0.29) is 0 Å². The zero-order valence-electron chi connectivity index (χ0n) is 20.6. The van der Waals surface area contributed by atoms with Gasteiger partial charge in [-0.15, -0.1) is 0 Å². The van der Waals surface area contributed by atoms with Crippen molar-refractivity contribution in [3.8, 4) is 11.6 Å². The number of hydrogen-bond donors (Lipinski definition) is 0. The molecule has 4 heterocycles. The van der Waals surface area contributed by atoms with Gasteiger partial charge in [0, 0.05) is 38.4 Å². The fourth-order valence-electron chi connectivity index (χ4n) is 6.18. The van der Waals surface area contributed by atoms with E-state index in [1.165, 1.54) is 10.8 Å². The van der Waals surface area contributed by atoms with Gasteiger partial charge in [0.15, 0.2) is 0 Å². The molecule has 0 N–H and O–H groups in total. The van der Waals surface area contributed by atoms with Crippen LogP contribution in [0.15, 0.2) is 120 Å². The summed E-state index contributed by atoms with van der Waals surface area (Å²) >= 11 is 0. The van der Waals surface area contributed by atoms with E-state index in [4.69, 9.17) is 4.42 Å². The highest BCUT2D eigenvalue weighted by molar-refractivity contribution is 6.23. The standard InChI is InChI=1S/C33H19N5O/c1-4-10-27-21(7-1)25-15-16-26-22-8-2-5-11-28(22)38(33-35-18-34-19-36-33)32(26)31(25)37(27)20-13-14-24-23-9-3-6-12-29(23)39-30(24)17-20/h1-19H. The summed E-state index contributed by atoms with van der Waals surface area (Å²) in [6.45, 7) is 0. The van der Waals surface area contributed by atoms with E-state index in [1.54, 1.807) is 12.7 Å². The first kappa shape index (κ1) is 20.6. The summed E-state index contributed by atoms with van der Waals surface area (Å²) in [7, 11) is 0. The average Bonchev–Trinajstić information content (AvgIpc) is 3.65. The second-order valence-electron chi connectivity index (χ2n) is 9.78. The molecule has 0 unspecified atom stereocenters. The van der Waals surface area contributed by atoms with Crippen molar-refractivity contribution in [3.63, 3.8) is 0 Å². The summed E-state index contributed by atoms with van der Waals surface area (Å²) < 4.78 is 10.8. The average molecular weight is 502 g/mol. The number of hydrogen-bond acceptors (Lipinski definition) is 4. The smallest absolute Gasteiger partial charge is 0.237 e. The second-order valence-corrected chi connectivity index (χ2v) is 9.78. The maximum Gasteiger partial charge on any atom is 0.237 e. The minimum Gasteiger partial charge on any atom is -0.456 e. The molecule has 4 aromatic heterocycles. The predicted octanol–water partition coefficient (Wildman–Crippen LogP) is 7.97. The second kappa shape index (κ2) is 7.52. The molecule has 0 radical (unpaired) electrons. The minimum atomic E-state index is 0.591. The number of rotatable bonds is 2. The number of furan rings is 1. The van der Waals surface area contributed by atoms with Gasteiger partial charge in [0.1, 0.15) is 23.8 Å². The van der Waals surface area contributed by atoms with Crippen LogP contribution in [0.3, 0.4) is 0 Å². The van der Waals surface area contributed by atoms with Crippen LogP contribution in [0.2, 0.25) is 0 Å². The third-order valence-electron chi connectivity index (χ3n) is 7.77. The molecule has 39 heavy (non-hydrogen) atoms. The van der Waals surface area contributed by atoms with Gasteiger partial charge in [0.25, 0.3) is 0 Å². The zero-order valence-corrected chi connectivity index (χ0v) is 20.6. The monoisotopic (exact) mass is 501 g/mol. The Bertz CT molecular complexity index is 2400. The molecule has 6 heteroatoms. The summed E-state index contributed by atoms with van der Waals surface area (Å²) in [5.74, 6) is 0.591. The molecule has 0 atom stereocenters. The Hall–Kier alpha value is -5.49. The van der Waals surface area contributed by atoms with Crippen molar-refractivity contribution in [3.05, 3.63) is 116 Å². The third kappa shape index (κ3) is 2.72. The molecular formula is C33H19N5O. The van der Waals surface area contributed by atoms with Crippen LogP contribution in [0, 0.1) is 0 Å². The largest absolute Gasteiger partial charge is 0.456 e. The van der Waals surface area contributed by atoms with Crippen molar-refractivity contribution in [1.82, 2.24) is 24.1 Å². The maximum absolute atomic E-state index is 6.30. The van der Waals surface area contributed by atoms with E-state index in [0.717, 1.165) is 60.5 Å². The summed E-state index contributed by atoms with van der Waals surface area (Å²) in [6.07, 6.45) is 3.10. The molecule has 0 fully saturated rings. The Labute approximate surface area is 221 Å². The van der Waals surface area contributed by atoms with Crippen molar-refractivity contribution in [2.45, 2.75) is 0 Å². The van der Waals surface area contributed by atoms with Crippen LogP contribution in [-0.4, -0.2) is 24.1 Å². The summed E-state index contributed by atoms with van der Waals surface area (Å²) in [5, 5.41) is 6.89. The molecule has 6 nitrogen and oxygen atoms in total. The van der Waals surface area contributed by atoms with E-state index in [1.807, 2.05) is 12.1 Å². The molecule has 9 rings (SSSR count). The van der Waals surface area contributed by atoms with Gasteiger partial charge in [0.2, 0.25) is 5.95 Å². The van der Waals surface area contributed by atoms with Crippen molar-refractivity contribution < 1.29 is 4.42 Å². The highest BCUT2D eigenvalue weighted by Crippen LogP contribution is 2.41. The van der Waals surface area contributed by atoms with Crippen molar-refractivity contribution in [2.75, 3.05) is 0 Å². The van der Waals surface area contributed by atoms with Crippen LogP contribution in [0.1, 0.15) is 0 Å². The molecule has 0 aliphatic carbocycles. The van der Waals surface area contributed by atoms with Gasteiger partial charge in [-0.25, -0.2) is 15.0 Å². The molecule has 0 saturated carbocycles. The lowest BCUT2D eigenvalue weighted by Gasteiger charge is -2.11. The fourth-order valence-corrected chi connectivity index (χ4v) is 6.18. The number of benzene rings is 5. The topological polar surface area (TPSA) is 61.7 Å². The maximum atomic E-state index is 6.30. The first-order valence-electron chi connectivity index (χ1n) is 12.9. The van der Waals surface area contributed by atoms with Crippen LogP contribution in [0.4, 0.5) is 0 Å². The lowest BCUT2D eigenvalue weighted by Crippen LogP contribution is -2.02. The van der Waals surface area contributed by atoms with E-state index < -0.39 is 0 Å². The number of aromatic nitrogens is 5. The quantitative estimate of drug-likeness (QED) is 0.241. The predicted molar refractivity (Wildman–Crippen MR) is 156 cm³/mol. The lowest BCUT2D eigenvalue weighted by atomic mass is 10.1. The van der Waals surface area contributed by atoms with Gasteiger partial charge in [-0.2, -0.15) is 0 Å². The Kier molecular flexibility index (Phi) is 3.96. The first-order valence-corrected chi connectivity index (χ1v) is 12.9. The van der Waals surface area contributed by atoms with Crippen LogP contribution < -0.4 is 0 Å². The van der Waals surface area contributed by atoms with Gasteiger partial charge in [-0.1, -0.05) is 66.7 Å². The van der Waals surface area contributed by atoms with E-state index in [2.05, 4.69) is 115 Å². The molecule has 9 aromatic rings. The Morgan fingerprint density at radius 3 is 1.79 bits per heavy atom. The number of nitrogens with zero attached hydrogens (tertiary/aromatic N) is 5. The van der Waals surface area contributed by atoms with Crippen LogP contribution in [-0.2, 0) is 0 Å². The SMILES string of the molecule is c1ccc2c(c1)oc1cc(-n3c4ccccc4c4ccc5c6ccccc6n(-c6ncncn6)c5c43)ccc12. The van der Waals surface area contributed by atoms with E-state index in [0.29, 0.717) is 5.95 Å². The summed E-state index contributed by atoms with van der Waals surface area (Å²) in [4.78, 5) is 13.2. The summed E-state index contributed by atoms with van der Waals surface area (Å²) in [6, 6.07) is 36.1. The van der Waals surface area contributed by atoms with Crippen molar-refractivity contribution >= 4 is 65.6 Å². The summed E-state index contributed by atoms with van der Waals surface area (Å²) in [5.41, 5.74) is 7.13. The first-order chi connectivity index (χ1) is 19.4. The van der Waals surface area contributed by atoms with Crippen molar-refractivity contribution in [2.24, 2.45) is 0 Å². The van der Waals surface area contributed by atoms with Gasteiger partial charge in [-0.3, -0.25) is 4.57 Å². The Morgan fingerprint density at radius 1 is 0.487 bits per heavy atom. The fraction of sp³-hybridized carbons (Fsp3) is 0.